The van der Waals surface area contributed by atoms with E-state index in [1.165, 1.54) is 0 Å². The molecule has 7 heteroatoms. The Hall–Kier alpha value is -3.22. The molecule has 2 aromatic carbocycles. The Morgan fingerprint density at radius 3 is 2.31 bits per heavy atom. The minimum absolute atomic E-state index is 0.00899. The number of piperazine rings is 1. The predicted octanol–water partition coefficient (Wildman–Crippen LogP) is 2.77. The van der Waals surface area contributed by atoms with Crippen molar-refractivity contribution >= 4 is 12.1 Å². The van der Waals surface area contributed by atoms with Crippen LogP contribution in [0.15, 0.2) is 54.6 Å². The van der Waals surface area contributed by atoms with Crippen molar-refractivity contribution in [1.82, 2.24) is 20.0 Å². The van der Waals surface area contributed by atoms with Crippen molar-refractivity contribution in [2.45, 2.75) is 13.1 Å². The van der Waals surface area contributed by atoms with Crippen LogP contribution in [0.4, 0.5) is 9.59 Å². The van der Waals surface area contributed by atoms with Gasteiger partial charge in [0.05, 0.1) is 7.11 Å². The van der Waals surface area contributed by atoms with Gasteiger partial charge in [-0.2, -0.15) is 0 Å². The molecule has 0 aromatic heterocycles. The van der Waals surface area contributed by atoms with Gasteiger partial charge < -0.3 is 24.8 Å². The summed E-state index contributed by atoms with van der Waals surface area (Å²) in [5.41, 5.74) is 2.08. The highest BCUT2D eigenvalue weighted by Gasteiger charge is 2.25. The van der Waals surface area contributed by atoms with Gasteiger partial charge in [-0.3, -0.25) is 0 Å². The van der Waals surface area contributed by atoms with Gasteiger partial charge in [0.1, 0.15) is 5.75 Å². The topological polar surface area (TPSA) is 65.1 Å². The number of urea groups is 2. The molecule has 0 aliphatic carbocycles. The third-order valence-corrected chi connectivity index (χ3v) is 5.00. The molecular formula is C22H28N4O3. The number of carbonyl (C=O) groups excluding carboxylic acids is 2. The van der Waals surface area contributed by atoms with Crippen molar-refractivity contribution < 1.29 is 14.3 Å². The molecule has 29 heavy (non-hydrogen) atoms. The van der Waals surface area contributed by atoms with Crippen LogP contribution in [-0.2, 0) is 13.1 Å². The zero-order valence-corrected chi connectivity index (χ0v) is 17.0. The van der Waals surface area contributed by atoms with E-state index in [0.29, 0.717) is 39.3 Å². The number of carbonyl (C=O) groups is 2. The fourth-order valence-corrected chi connectivity index (χ4v) is 3.34. The molecule has 0 spiro atoms. The fourth-order valence-electron chi connectivity index (χ4n) is 3.34. The summed E-state index contributed by atoms with van der Waals surface area (Å²) in [7, 11) is 3.43. The Kier molecular flexibility index (Phi) is 6.94. The Bertz CT molecular complexity index is 820. The molecule has 0 radical (unpaired) electrons. The van der Waals surface area contributed by atoms with Crippen molar-refractivity contribution in [3.8, 4) is 5.75 Å². The summed E-state index contributed by atoms with van der Waals surface area (Å²) in [6, 6.07) is 17.4. The number of rotatable bonds is 5. The first-order valence-corrected chi connectivity index (χ1v) is 9.76. The Morgan fingerprint density at radius 1 is 0.966 bits per heavy atom. The first-order chi connectivity index (χ1) is 14.1. The molecule has 4 amide bonds. The van der Waals surface area contributed by atoms with E-state index >= 15 is 0 Å². The van der Waals surface area contributed by atoms with Crippen LogP contribution < -0.4 is 10.1 Å². The Morgan fingerprint density at radius 2 is 1.62 bits per heavy atom. The van der Waals surface area contributed by atoms with Crippen LogP contribution in [0, 0.1) is 0 Å². The van der Waals surface area contributed by atoms with Gasteiger partial charge in [-0.1, -0.05) is 42.5 Å². The van der Waals surface area contributed by atoms with E-state index in [9.17, 15) is 9.59 Å². The summed E-state index contributed by atoms with van der Waals surface area (Å²) in [5.74, 6) is 0.767. The molecule has 1 saturated heterocycles. The number of methoxy groups -OCH3 is 1. The van der Waals surface area contributed by atoms with Gasteiger partial charge in [-0.25, -0.2) is 9.59 Å². The maximum absolute atomic E-state index is 12.7. The van der Waals surface area contributed by atoms with Crippen molar-refractivity contribution in [3.63, 3.8) is 0 Å². The molecule has 0 atom stereocenters. The SMILES string of the molecule is COc1cccc(CNC(=O)N2CCN(C(=O)N(C)Cc3ccccc3)CC2)c1. The van der Waals surface area contributed by atoms with Crippen molar-refractivity contribution in [3.05, 3.63) is 65.7 Å². The molecule has 7 nitrogen and oxygen atoms in total. The van der Waals surface area contributed by atoms with Crippen molar-refractivity contribution in [1.29, 1.82) is 0 Å². The molecule has 1 aliphatic heterocycles. The van der Waals surface area contributed by atoms with Gasteiger partial charge in [0.25, 0.3) is 0 Å². The van der Waals surface area contributed by atoms with Gasteiger partial charge in [0.15, 0.2) is 0 Å². The minimum atomic E-state index is -0.113. The number of hydrogen-bond donors (Lipinski definition) is 1. The van der Waals surface area contributed by atoms with Crippen molar-refractivity contribution in [2.24, 2.45) is 0 Å². The van der Waals surface area contributed by atoms with Crippen LogP contribution in [0.1, 0.15) is 11.1 Å². The summed E-state index contributed by atoms with van der Waals surface area (Å²) in [6.07, 6.45) is 0. The molecule has 2 aromatic rings. The van der Waals surface area contributed by atoms with Crippen LogP contribution in [0.3, 0.4) is 0 Å². The van der Waals surface area contributed by atoms with Crippen LogP contribution in [0.25, 0.3) is 0 Å². The minimum Gasteiger partial charge on any atom is -0.497 e. The number of benzene rings is 2. The van der Waals surface area contributed by atoms with Gasteiger partial charge in [0.2, 0.25) is 0 Å². The highest BCUT2D eigenvalue weighted by atomic mass is 16.5. The zero-order valence-electron chi connectivity index (χ0n) is 17.0. The van der Waals surface area contributed by atoms with Gasteiger partial charge in [-0.05, 0) is 23.3 Å². The smallest absolute Gasteiger partial charge is 0.320 e. The largest absolute Gasteiger partial charge is 0.497 e. The third-order valence-electron chi connectivity index (χ3n) is 5.00. The second-order valence-electron chi connectivity index (χ2n) is 7.11. The highest BCUT2D eigenvalue weighted by Crippen LogP contribution is 2.13. The van der Waals surface area contributed by atoms with E-state index in [-0.39, 0.29) is 12.1 Å². The standard InChI is InChI=1S/C22H28N4O3/c1-24(17-18-7-4-3-5-8-18)22(28)26-13-11-25(12-14-26)21(27)23-16-19-9-6-10-20(15-19)29-2/h3-10,15H,11-14,16-17H2,1-2H3,(H,23,27). The van der Waals surface area contributed by atoms with Gasteiger partial charge in [-0.15, -0.1) is 0 Å². The summed E-state index contributed by atoms with van der Waals surface area (Å²) in [6.45, 7) is 3.12. The first kappa shape index (κ1) is 20.5. The molecule has 0 saturated carbocycles. The zero-order chi connectivity index (χ0) is 20.6. The lowest BCUT2D eigenvalue weighted by Crippen LogP contribution is -2.55. The second kappa shape index (κ2) is 9.82. The molecule has 1 heterocycles. The molecule has 0 bridgehead atoms. The van der Waals surface area contributed by atoms with E-state index in [4.69, 9.17) is 4.74 Å². The van der Waals surface area contributed by atoms with Crippen LogP contribution in [-0.4, -0.2) is 67.1 Å². The molecule has 0 unspecified atom stereocenters. The maximum Gasteiger partial charge on any atom is 0.320 e. The average molecular weight is 396 g/mol. The molecule has 3 rings (SSSR count). The summed E-state index contributed by atoms with van der Waals surface area (Å²) < 4.78 is 5.20. The average Bonchev–Trinajstić information content (AvgIpc) is 2.78. The summed E-state index contributed by atoms with van der Waals surface area (Å²) in [4.78, 5) is 30.4. The maximum atomic E-state index is 12.7. The third kappa shape index (κ3) is 5.63. The van der Waals surface area contributed by atoms with Gasteiger partial charge >= 0.3 is 12.1 Å². The molecule has 1 N–H and O–H groups in total. The van der Waals surface area contributed by atoms with E-state index in [1.54, 1.807) is 21.8 Å². The van der Waals surface area contributed by atoms with E-state index < -0.39 is 0 Å². The summed E-state index contributed by atoms with van der Waals surface area (Å²) >= 11 is 0. The number of hydrogen-bond acceptors (Lipinski definition) is 3. The lowest BCUT2D eigenvalue weighted by Gasteiger charge is -2.36. The first-order valence-electron chi connectivity index (χ1n) is 9.76. The lowest BCUT2D eigenvalue weighted by atomic mass is 10.2. The molecule has 1 aliphatic rings. The quantitative estimate of drug-likeness (QED) is 0.845. The molecule has 154 valence electrons. The Labute approximate surface area is 171 Å². The number of ether oxygens (including phenoxy) is 1. The number of nitrogens with one attached hydrogen (secondary N) is 1. The van der Waals surface area contributed by atoms with E-state index in [0.717, 1.165) is 16.9 Å². The van der Waals surface area contributed by atoms with Crippen molar-refractivity contribution in [2.75, 3.05) is 40.3 Å². The van der Waals surface area contributed by atoms with E-state index in [2.05, 4.69) is 5.32 Å². The van der Waals surface area contributed by atoms with Crippen LogP contribution in [0.2, 0.25) is 0 Å². The molecular weight excluding hydrogens is 368 g/mol. The van der Waals surface area contributed by atoms with Crippen LogP contribution in [0.5, 0.6) is 5.75 Å². The normalized spacial score (nSPS) is 13.7. The fraction of sp³-hybridized carbons (Fsp3) is 0.364. The van der Waals surface area contributed by atoms with E-state index in [1.807, 2.05) is 61.6 Å². The highest BCUT2D eigenvalue weighted by molar-refractivity contribution is 5.76. The molecule has 1 fully saturated rings. The lowest BCUT2D eigenvalue weighted by molar-refractivity contribution is 0.123. The predicted molar refractivity (Wildman–Crippen MR) is 112 cm³/mol. The summed E-state index contributed by atoms with van der Waals surface area (Å²) in [5, 5.41) is 2.94. The van der Waals surface area contributed by atoms with Crippen LogP contribution >= 0.6 is 0 Å². The number of nitrogens with zero attached hydrogens (tertiary/aromatic N) is 3. The second-order valence-corrected chi connectivity index (χ2v) is 7.11. The number of amides is 4. The Balaban J connectivity index is 1.44. The van der Waals surface area contributed by atoms with Gasteiger partial charge in [0, 0.05) is 46.3 Å². The monoisotopic (exact) mass is 396 g/mol.